The van der Waals surface area contributed by atoms with E-state index in [0.29, 0.717) is 19.3 Å². The second kappa shape index (κ2) is 5.30. The van der Waals surface area contributed by atoms with Gasteiger partial charge in [0.05, 0.1) is 6.04 Å². The summed E-state index contributed by atoms with van der Waals surface area (Å²) in [6, 6.07) is -0.0425. The van der Waals surface area contributed by atoms with Crippen molar-refractivity contribution in [3.05, 3.63) is 0 Å². The number of rotatable bonds is 1. The number of amides is 2. The zero-order valence-electron chi connectivity index (χ0n) is 11.7. The Bertz CT molecular complexity index is 407. The van der Waals surface area contributed by atoms with E-state index in [1.807, 2.05) is 6.92 Å². The van der Waals surface area contributed by atoms with Crippen LogP contribution in [0.25, 0.3) is 0 Å². The van der Waals surface area contributed by atoms with Crippen molar-refractivity contribution in [1.29, 1.82) is 0 Å². The van der Waals surface area contributed by atoms with Gasteiger partial charge in [-0.3, -0.25) is 0 Å². The zero-order chi connectivity index (χ0) is 14.3. The molecule has 4 nitrogen and oxygen atoms in total. The Morgan fingerprint density at radius 2 is 1.95 bits per heavy atom. The minimum Gasteiger partial charge on any atom is -0.320 e. The van der Waals surface area contributed by atoms with Gasteiger partial charge in [-0.2, -0.15) is 5.10 Å². The highest BCUT2D eigenvalue weighted by molar-refractivity contribution is 5.79. The Hall–Kier alpha value is -1.20. The van der Waals surface area contributed by atoms with Crippen molar-refractivity contribution in [1.82, 2.24) is 9.91 Å². The third-order valence-electron chi connectivity index (χ3n) is 4.80. The molecule has 4 atom stereocenters. The van der Waals surface area contributed by atoms with Gasteiger partial charge < -0.3 is 4.90 Å². The van der Waals surface area contributed by atoms with Crippen molar-refractivity contribution in [2.24, 2.45) is 11.0 Å². The Balaban J connectivity index is 1.68. The molecule has 3 rings (SSSR count). The maximum atomic E-state index is 13.6. The molecule has 1 saturated heterocycles. The lowest BCUT2D eigenvalue weighted by molar-refractivity contribution is 0.0464. The molecule has 0 N–H and O–H groups in total. The summed E-state index contributed by atoms with van der Waals surface area (Å²) in [5.41, 5.74) is 0. The SMILES string of the molecule is C[C@H]1CCN1C(=O)N1N=CC[C@H]1C1CC(F)CC(F)C1. The number of hydrogen-bond donors (Lipinski definition) is 0. The van der Waals surface area contributed by atoms with Crippen LogP contribution in [-0.4, -0.2) is 53.1 Å². The molecule has 1 aliphatic carbocycles. The molecule has 20 heavy (non-hydrogen) atoms. The van der Waals surface area contributed by atoms with Crippen molar-refractivity contribution in [2.45, 2.75) is 63.5 Å². The average molecular weight is 285 g/mol. The molecule has 2 aliphatic heterocycles. The summed E-state index contributed by atoms with van der Waals surface area (Å²) in [7, 11) is 0. The van der Waals surface area contributed by atoms with E-state index < -0.39 is 12.3 Å². The van der Waals surface area contributed by atoms with Gasteiger partial charge in [-0.15, -0.1) is 0 Å². The molecule has 1 saturated carbocycles. The van der Waals surface area contributed by atoms with Crippen molar-refractivity contribution >= 4 is 12.2 Å². The minimum atomic E-state index is -1.09. The summed E-state index contributed by atoms with van der Waals surface area (Å²) in [6.07, 6.45) is 1.81. The number of hydrazone groups is 1. The van der Waals surface area contributed by atoms with Crippen molar-refractivity contribution < 1.29 is 13.6 Å². The van der Waals surface area contributed by atoms with Crippen LogP contribution >= 0.6 is 0 Å². The van der Waals surface area contributed by atoms with Crippen LogP contribution in [-0.2, 0) is 0 Å². The predicted molar refractivity (Wildman–Crippen MR) is 72.1 cm³/mol. The average Bonchev–Trinajstić information content (AvgIpc) is 2.84. The summed E-state index contributed by atoms with van der Waals surface area (Å²) in [6.45, 7) is 2.76. The molecule has 0 aromatic heterocycles. The summed E-state index contributed by atoms with van der Waals surface area (Å²) >= 11 is 0. The number of carbonyl (C=O) groups is 1. The highest BCUT2D eigenvalue weighted by Crippen LogP contribution is 2.36. The van der Waals surface area contributed by atoms with Gasteiger partial charge in [0.25, 0.3) is 0 Å². The van der Waals surface area contributed by atoms with Crippen LogP contribution in [0.15, 0.2) is 5.10 Å². The molecular weight excluding hydrogens is 264 g/mol. The number of hydrogen-bond acceptors (Lipinski definition) is 2. The fourth-order valence-electron chi connectivity index (χ4n) is 3.48. The standard InChI is InChI=1S/C14H21F2N3O/c1-9-3-5-18(9)14(20)19-13(2-4-17-19)10-6-11(15)8-12(16)7-10/h4,9-13H,2-3,5-8H2,1H3/t9-,10?,11?,12?,13-/m0/s1. The minimum absolute atomic E-state index is 0.00117. The highest BCUT2D eigenvalue weighted by Gasteiger charge is 2.42. The first kappa shape index (κ1) is 13.8. The molecule has 0 aromatic rings. The molecule has 0 bridgehead atoms. The van der Waals surface area contributed by atoms with Gasteiger partial charge in [0.2, 0.25) is 0 Å². The molecule has 2 unspecified atom stereocenters. The number of halogens is 2. The van der Waals surface area contributed by atoms with Crippen LogP contribution in [0.1, 0.15) is 39.0 Å². The van der Waals surface area contributed by atoms with Crippen LogP contribution in [0.2, 0.25) is 0 Å². The summed E-state index contributed by atoms with van der Waals surface area (Å²) in [4.78, 5) is 14.2. The van der Waals surface area contributed by atoms with E-state index in [1.54, 1.807) is 11.1 Å². The summed E-state index contributed by atoms with van der Waals surface area (Å²) in [5, 5.41) is 5.62. The quantitative estimate of drug-likeness (QED) is 0.729. The second-order valence-corrected chi connectivity index (χ2v) is 6.22. The van der Waals surface area contributed by atoms with Crippen LogP contribution in [0.5, 0.6) is 0 Å². The van der Waals surface area contributed by atoms with Gasteiger partial charge in [0, 0.05) is 31.6 Å². The summed E-state index contributed by atoms with van der Waals surface area (Å²) in [5.74, 6) is -0.128. The van der Waals surface area contributed by atoms with E-state index in [0.717, 1.165) is 13.0 Å². The normalized spacial score (nSPS) is 40.9. The first-order valence-corrected chi connectivity index (χ1v) is 7.46. The lowest BCUT2D eigenvalue weighted by atomic mass is 9.81. The smallest absolute Gasteiger partial charge is 0.320 e. The maximum absolute atomic E-state index is 13.6. The van der Waals surface area contributed by atoms with Crippen molar-refractivity contribution in [3.63, 3.8) is 0 Å². The van der Waals surface area contributed by atoms with E-state index in [9.17, 15) is 13.6 Å². The first-order valence-electron chi connectivity index (χ1n) is 7.46. The molecule has 0 spiro atoms. The molecule has 2 heterocycles. The Morgan fingerprint density at radius 1 is 1.25 bits per heavy atom. The van der Waals surface area contributed by atoms with Crippen molar-refractivity contribution in [2.75, 3.05) is 6.54 Å². The van der Waals surface area contributed by atoms with Gasteiger partial charge >= 0.3 is 6.03 Å². The predicted octanol–water partition coefficient (Wildman–Crippen LogP) is 2.74. The maximum Gasteiger partial charge on any atom is 0.340 e. The zero-order valence-corrected chi connectivity index (χ0v) is 11.7. The van der Waals surface area contributed by atoms with Gasteiger partial charge in [-0.25, -0.2) is 18.6 Å². The van der Waals surface area contributed by atoms with E-state index in [-0.39, 0.29) is 30.5 Å². The molecule has 0 aromatic carbocycles. The largest absolute Gasteiger partial charge is 0.340 e. The van der Waals surface area contributed by atoms with E-state index in [4.69, 9.17) is 0 Å². The lowest BCUT2D eigenvalue weighted by Gasteiger charge is -2.42. The van der Waals surface area contributed by atoms with Crippen LogP contribution in [0.4, 0.5) is 13.6 Å². The Labute approximate surface area is 117 Å². The van der Waals surface area contributed by atoms with Gasteiger partial charge in [-0.1, -0.05) is 0 Å². The Kier molecular flexibility index (Phi) is 3.65. The fourth-order valence-corrected chi connectivity index (χ4v) is 3.48. The summed E-state index contributed by atoms with van der Waals surface area (Å²) < 4.78 is 27.1. The second-order valence-electron chi connectivity index (χ2n) is 6.22. The van der Waals surface area contributed by atoms with E-state index in [2.05, 4.69) is 5.10 Å². The van der Waals surface area contributed by atoms with E-state index in [1.165, 1.54) is 5.01 Å². The van der Waals surface area contributed by atoms with Crippen LogP contribution < -0.4 is 0 Å². The molecular formula is C14H21F2N3O. The van der Waals surface area contributed by atoms with Crippen LogP contribution in [0.3, 0.4) is 0 Å². The number of carbonyl (C=O) groups excluding carboxylic acids is 1. The number of nitrogens with zero attached hydrogens (tertiary/aromatic N) is 3. The number of urea groups is 1. The first-order chi connectivity index (χ1) is 9.56. The third kappa shape index (κ3) is 2.40. The van der Waals surface area contributed by atoms with Crippen LogP contribution in [0, 0.1) is 5.92 Å². The van der Waals surface area contributed by atoms with Gasteiger partial charge in [0.15, 0.2) is 0 Å². The molecule has 112 valence electrons. The molecule has 2 amide bonds. The van der Waals surface area contributed by atoms with Crippen molar-refractivity contribution in [3.8, 4) is 0 Å². The highest BCUT2D eigenvalue weighted by atomic mass is 19.1. The van der Waals surface area contributed by atoms with Gasteiger partial charge in [-0.05, 0) is 32.1 Å². The molecule has 3 aliphatic rings. The molecule has 2 fully saturated rings. The topological polar surface area (TPSA) is 35.9 Å². The molecule has 6 heteroatoms. The van der Waals surface area contributed by atoms with Gasteiger partial charge in [0.1, 0.15) is 12.3 Å². The monoisotopic (exact) mass is 285 g/mol. The fraction of sp³-hybridized carbons (Fsp3) is 0.857. The lowest BCUT2D eigenvalue weighted by Crippen LogP contribution is -2.56. The number of likely N-dealkylation sites (tertiary alicyclic amines) is 1. The molecule has 0 radical (unpaired) electrons. The third-order valence-corrected chi connectivity index (χ3v) is 4.80. The van der Waals surface area contributed by atoms with E-state index >= 15 is 0 Å². The number of alkyl halides is 2. The Morgan fingerprint density at radius 3 is 2.50 bits per heavy atom.